The van der Waals surface area contributed by atoms with Crippen molar-refractivity contribution in [3.05, 3.63) is 17.0 Å². The lowest BCUT2D eigenvalue weighted by Gasteiger charge is -2.17. The predicted molar refractivity (Wildman–Crippen MR) is 65.6 cm³/mol. The van der Waals surface area contributed by atoms with E-state index in [1.54, 1.807) is 0 Å². The monoisotopic (exact) mass is 277 g/mol. The molecule has 2 unspecified atom stereocenters. The van der Waals surface area contributed by atoms with Crippen LogP contribution in [0.4, 0.5) is 5.82 Å². The van der Waals surface area contributed by atoms with Gasteiger partial charge in [0.15, 0.2) is 5.12 Å². The first-order valence-electron chi connectivity index (χ1n) is 4.69. The van der Waals surface area contributed by atoms with Crippen molar-refractivity contribution < 1.29 is 15.0 Å². The molecule has 0 aromatic carbocycles. The minimum atomic E-state index is -1.30. The van der Waals surface area contributed by atoms with Crippen molar-refractivity contribution in [1.82, 2.24) is 9.97 Å². The Bertz CT molecular complexity index is 418. The van der Waals surface area contributed by atoms with Crippen LogP contribution in [0.5, 0.6) is 0 Å². The highest BCUT2D eigenvalue weighted by Crippen LogP contribution is 2.22. The van der Waals surface area contributed by atoms with Crippen LogP contribution < -0.4 is 5.73 Å². The van der Waals surface area contributed by atoms with Crippen molar-refractivity contribution in [3.63, 3.8) is 0 Å². The number of halogens is 1. The van der Waals surface area contributed by atoms with E-state index in [1.165, 1.54) is 13.1 Å². The average molecular weight is 278 g/mol. The minimum absolute atomic E-state index is 0.0446. The Morgan fingerprint density at radius 2 is 2.29 bits per heavy atom. The highest BCUT2D eigenvalue weighted by Gasteiger charge is 2.23. The summed E-state index contributed by atoms with van der Waals surface area (Å²) < 4.78 is 0. The maximum Gasteiger partial charge on any atom is 0.185 e. The van der Waals surface area contributed by atoms with Crippen LogP contribution >= 0.6 is 23.4 Å². The zero-order valence-corrected chi connectivity index (χ0v) is 10.6. The number of hydrogen-bond donors (Lipinski definition) is 3. The lowest BCUT2D eigenvalue weighted by atomic mass is 10.1. The number of rotatable bonds is 4. The summed E-state index contributed by atoms with van der Waals surface area (Å²) in [5, 5.41) is 19.4. The van der Waals surface area contributed by atoms with Gasteiger partial charge >= 0.3 is 0 Å². The lowest BCUT2D eigenvalue weighted by molar-refractivity contribution is -0.109. The SMILES string of the molecule is CC(=O)SCC(O)C(O)c1ncc(Cl)nc1N. The summed E-state index contributed by atoms with van der Waals surface area (Å²) in [7, 11) is 0. The molecule has 94 valence electrons. The Hall–Kier alpha value is -0.890. The van der Waals surface area contributed by atoms with Crippen molar-refractivity contribution in [2.45, 2.75) is 19.1 Å². The highest BCUT2D eigenvalue weighted by molar-refractivity contribution is 8.13. The number of aromatic nitrogens is 2. The van der Waals surface area contributed by atoms with Crippen LogP contribution in [-0.2, 0) is 4.79 Å². The summed E-state index contributed by atoms with van der Waals surface area (Å²) >= 11 is 6.46. The molecule has 1 aromatic heterocycles. The van der Waals surface area contributed by atoms with Crippen LogP contribution in [0, 0.1) is 0 Å². The van der Waals surface area contributed by atoms with Crippen molar-refractivity contribution >= 4 is 34.3 Å². The summed E-state index contributed by atoms with van der Waals surface area (Å²) in [5.41, 5.74) is 5.56. The summed E-state index contributed by atoms with van der Waals surface area (Å²) in [5.74, 6) is 0.0112. The Kier molecular flexibility index (Phi) is 5.13. The number of anilines is 1. The van der Waals surface area contributed by atoms with Crippen LogP contribution in [0.3, 0.4) is 0 Å². The minimum Gasteiger partial charge on any atom is -0.389 e. The number of hydrogen-bond acceptors (Lipinski definition) is 7. The summed E-state index contributed by atoms with van der Waals surface area (Å²) in [6, 6.07) is 0. The molecule has 0 aliphatic heterocycles. The van der Waals surface area contributed by atoms with Gasteiger partial charge in [-0.25, -0.2) is 4.98 Å². The number of thioether (sulfide) groups is 1. The lowest BCUT2D eigenvalue weighted by Crippen LogP contribution is -2.23. The summed E-state index contributed by atoms with van der Waals surface area (Å²) in [6.45, 7) is 1.38. The van der Waals surface area contributed by atoms with Crippen molar-refractivity contribution in [3.8, 4) is 0 Å². The maximum absolute atomic E-state index is 10.7. The van der Waals surface area contributed by atoms with Gasteiger partial charge < -0.3 is 15.9 Å². The average Bonchev–Trinajstić information content (AvgIpc) is 2.25. The van der Waals surface area contributed by atoms with E-state index in [0.29, 0.717) is 0 Å². The van der Waals surface area contributed by atoms with Gasteiger partial charge in [0.2, 0.25) is 0 Å². The smallest absolute Gasteiger partial charge is 0.185 e. The van der Waals surface area contributed by atoms with E-state index in [1.807, 2.05) is 0 Å². The van der Waals surface area contributed by atoms with Crippen LogP contribution in [0.15, 0.2) is 6.20 Å². The Morgan fingerprint density at radius 3 is 2.82 bits per heavy atom. The normalized spacial score (nSPS) is 14.4. The Morgan fingerprint density at radius 1 is 1.65 bits per heavy atom. The van der Waals surface area contributed by atoms with Gasteiger partial charge in [-0.2, -0.15) is 0 Å². The van der Waals surface area contributed by atoms with Gasteiger partial charge in [0, 0.05) is 12.7 Å². The molecule has 2 atom stereocenters. The van der Waals surface area contributed by atoms with Crippen molar-refractivity contribution in [1.29, 1.82) is 0 Å². The van der Waals surface area contributed by atoms with E-state index < -0.39 is 12.2 Å². The van der Waals surface area contributed by atoms with Gasteiger partial charge in [-0.1, -0.05) is 23.4 Å². The van der Waals surface area contributed by atoms with Crippen LogP contribution in [0.2, 0.25) is 5.15 Å². The molecule has 6 nitrogen and oxygen atoms in total. The molecule has 17 heavy (non-hydrogen) atoms. The first-order chi connectivity index (χ1) is 7.91. The Balaban J connectivity index is 2.74. The van der Waals surface area contributed by atoms with Gasteiger partial charge in [-0.15, -0.1) is 0 Å². The molecule has 0 aliphatic carbocycles. The van der Waals surface area contributed by atoms with Crippen LogP contribution in [0.25, 0.3) is 0 Å². The number of aliphatic hydroxyl groups is 2. The first-order valence-corrected chi connectivity index (χ1v) is 6.05. The molecule has 1 rings (SSSR count). The number of aliphatic hydroxyl groups excluding tert-OH is 2. The molecular weight excluding hydrogens is 266 g/mol. The standard InChI is InChI=1S/C9H12ClN3O3S/c1-4(14)17-3-5(15)8(16)7-9(11)13-6(10)2-12-7/h2,5,8,15-16H,3H2,1H3,(H2,11,13). The van der Waals surface area contributed by atoms with Gasteiger partial charge in [-0.3, -0.25) is 9.78 Å². The molecule has 8 heteroatoms. The second-order valence-electron chi connectivity index (χ2n) is 3.28. The second kappa shape index (κ2) is 6.15. The third-order valence-corrected chi connectivity index (χ3v) is 3.00. The zero-order valence-electron chi connectivity index (χ0n) is 9.00. The molecule has 0 saturated carbocycles. The molecule has 0 fully saturated rings. The van der Waals surface area contributed by atoms with Crippen molar-refractivity contribution in [2.75, 3.05) is 11.5 Å². The fourth-order valence-electron chi connectivity index (χ4n) is 1.09. The van der Waals surface area contributed by atoms with Gasteiger partial charge in [0.25, 0.3) is 0 Å². The molecular formula is C9H12ClN3O3S. The first kappa shape index (κ1) is 14.2. The fourth-order valence-corrected chi connectivity index (χ4v) is 1.82. The number of nitrogens with zero attached hydrogens (tertiary/aromatic N) is 2. The molecule has 0 radical (unpaired) electrons. The van der Waals surface area contributed by atoms with E-state index >= 15 is 0 Å². The number of nitrogens with two attached hydrogens (primary N) is 1. The zero-order chi connectivity index (χ0) is 13.0. The topological polar surface area (TPSA) is 109 Å². The van der Waals surface area contributed by atoms with Gasteiger partial charge in [0.1, 0.15) is 22.8 Å². The molecule has 0 bridgehead atoms. The van der Waals surface area contributed by atoms with E-state index in [4.69, 9.17) is 17.3 Å². The molecule has 0 aliphatic rings. The highest BCUT2D eigenvalue weighted by atomic mass is 35.5. The van der Waals surface area contributed by atoms with Crippen LogP contribution in [0.1, 0.15) is 18.7 Å². The maximum atomic E-state index is 10.7. The second-order valence-corrected chi connectivity index (χ2v) is 4.86. The number of nitrogen functional groups attached to an aromatic ring is 1. The third-order valence-electron chi connectivity index (χ3n) is 1.90. The van der Waals surface area contributed by atoms with Gasteiger partial charge in [0.05, 0.1) is 12.3 Å². The van der Waals surface area contributed by atoms with E-state index in [9.17, 15) is 15.0 Å². The molecule has 4 N–H and O–H groups in total. The van der Waals surface area contributed by atoms with Crippen molar-refractivity contribution in [2.24, 2.45) is 0 Å². The van der Waals surface area contributed by atoms with E-state index in [2.05, 4.69) is 9.97 Å². The van der Waals surface area contributed by atoms with Crippen LogP contribution in [-0.4, -0.2) is 37.2 Å². The Labute approximate surface area is 107 Å². The summed E-state index contributed by atoms with van der Waals surface area (Å²) in [6.07, 6.45) is -1.23. The molecule has 1 aromatic rings. The molecule has 0 saturated heterocycles. The predicted octanol–water partition coefficient (Wildman–Crippen LogP) is 0.386. The number of carbonyl (C=O) groups excluding carboxylic acids is 1. The molecule has 0 spiro atoms. The molecule has 1 heterocycles. The van der Waals surface area contributed by atoms with E-state index in [-0.39, 0.29) is 27.5 Å². The van der Waals surface area contributed by atoms with E-state index in [0.717, 1.165) is 11.8 Å². The molecule has 0 amide bonds. The quantitative estimate of drug-likeness (QED) is 0.730. The fraction of sp³-hybridized carbons (Fsp3) is 0.444. The summed E-state index contributed by atoms with van der Waals surface area (Å²) in [4.78, 5) is 18.2. The third kappa shape index (κ3) is 4.12. The van der Waals surface area contributed by atoms with Gasteiger partial charge in [-0.05, 0) is 0 Å². The largest absolute Gasteiger partial charge is 0.389 e. The number of carbonyl (C=O) groups is 1.